The molecule has 0 radical (unpaired) electrons. The molecule has 4 nitrogen and oxygen atoms in total. The summed E-state index contributed by atoms with van der Waals surface area (Å²) in [4.78, 5) is 12.0. The molecule has 1 heterocycles. The number of hydrogen-bond acceptors (Lipinski definition) is 4. The zero-order valence-corrected chi connectivity index (χ0v) is 14.0. The predicted octanol–water partition coefficient (Wildman–Crippen LogP) is 4.04. The van der Waals surface area contributed by atoms with E-state index in [9.17, 15) is 4.79 Å². The highest BCUT2D eigenvalue weighted by Gasteiger charge is 2.16. The lowest BCUT2D eigenvalue weighted by Crippen LogP contribution is -2.33. The second-order valence-electron chi connectivity index (χ2n) is 6.32. The Bertz CT molecular complexity index is 643. The molecule has 0 aliphatic carbocycles. The number of carbonyl (C=O) groups is 1. The van der Waals surface area contributed by atoms with E-state index in [1.807, 2.05) is 39.0 Å². The molecule has 0 amide bonds. The summed E-state index contributed by atoms with van der Waals surface area (Å²) in [5.74, 6) is 1.12. The Morgan fingerprint density at radius 3 is 2.55 bits per heavy atom. The molecule has 1 aromatic carbocycles. The number of ether oxygens (including phenoxy) is 1. The monoisotopic (exact) mass is 303 g/mol. The maximum atomic E-state index is 12.0. The minimum absolute atomic E-state index is 0.0215. The molecule has 1 atom stereocenters. The van der Waals surface area contributed by atoms with Crippen LogP contribution in [0.4, 0.5) is 0 Å². The van der Waals surface area contributed by atoms with Crippen molar-refractivity contribution in [1.82, 2.24) is 5.32 Å². The van der Waals surface area contributed by atoms with Crippen LogP contribution in [0, 0.1) is 5.92 Å². The molecule has 0 aliphatic rings. The van der Waals surface area contributed by atoms with Crippen molar-refractivity contribution in [2.75, 3.05) is 6.54 Å². The molecule has 2 rings (SSSR count). The smallest absolute Gasteiger partial charge is 0.200 e. The van der Waals surface area contributed by atoms with E-state index in [-0.39, 0.29) is 17.8 Å². The van der Waals surface area contributed by atoms with Gasteiger partial charge >= 0.3 is 0 Å². The number of hydrogen-bond donors (Lipinski definition) is 1. The second-order valence-corrected chi connectivity index (χ2v) is 6.32. The zero-order chi connectivity index (χ0) is 16.3. The number of rotatable bonds is 7. The third-order valence-corrected chi connectivity index (χ3v) is 3.41. The predicted molar refractivity (Wildman–Crippen MR) is 88.6 cm³/mol. The molecule has 0 saturated heterocycles. The Balaban J connectivity index is 2.11. The number of Topliss-reactive ketones (excluding diaryl/α,β-unsaturated/α-hetero) is 1. The SMILES string of the molecule is CC(C)NC[C@@H](C)Oc1ccc2cc(C(=O)C(C)C)oc2c1. The fraction of sp³-hybridized carbons (Fsp3) is 0.500. The van der Waals surface area contributed by atoms with E-state index >= 15 is 0 Å². The summed E-state index contributed by atoms with van der Waals surface area (Å²) < 4.78 is 11.5. The lowest BCUT2D eigenvalue weighted by Gasteiger charge is -2.17. The van der Waals surface area contributed by atoms with Crippen molar-refractivity contribution in [2.45, 2.75) is 46.8 Å². The van der Waals surface area contributed by atoms with Gasteiger partial charge in [-0.2, -0.15) is 0 Å². The van der Waals surface area contributed by atoms with E-state index in [4.69, 9.17) is 9.15 Å². The van der Waals surface area contributed by atoms with Gasteiger partial charge in [-0.1, -0.05) is 27.7 Å². The van der Waals surface area contributed by atoms with Crippen molar-refractivity contribution < 1.29 is 13.9 Å². The second kappa shape index (κ2) is 6.97. The maximum absolute atomic E-state index is 12.0. The molecule has 0 spiro atoms. The highest BCUT2D eigenvalue weighted by molar-refractivity contribution is 5.98. The molecule has 0 saturated carbocycles. The van der Waals surface area contributed by atoms with Crippen LogP contribution in [0.3, 0.4) is 0 Å². The van der Waals surface area contributed by atoms with Crippen LogP contribution >= 0.6 is 0 Å². The lowest BCUT2D eigenvalue weighted by molar-refractivity contribution is 0.0913. The molecule has 22 heavy (non-hydrogen) atoms. The molecule has 0 bridgehead atoms. The molecule has 1 aromatic heterocycles. The fourth-order valence-corrected chi connectivity index (χ4v) is 2.17. The summed E-state index contributed by atoms with van der Waals surface area (Å²) in [6.07, 6.45) is 0.0616. The van der Waals surface area contributed by atoms with Crippen LogP contribution in [0.2, 0.25) is 0 Å². The third kappa shape index (κ3) is 4.10. The number of benzene rings is 1. The van der Waals surface area contributed by atoms with Gasteiger partial charge in [0, 0.05) is 30.0 Å². The van der Waals surface area contributed by atoms with Gasteiger partial charge in [-0.25, -0.2) is 0 Å². The maximum Gasteiger partial charge on any atom is 0.200 e. The number of furan rings is 1. The van der Waals surface area contributed by atoms with Gasteiger partial charge in [0.15, 0.2) is 5.76 Å². The molecule has 0 unspecified atom stereocenters. The first kappa shape index (κ1) is 16.6. The quantitative estimate of drug-likeness (QED) is 0.784. The van der Waals surface area contributed by atoms with Crippen LogP contribution in [0.15, 0.2) is 28.7 Å². The largest absolute Gasteiger partial charge is 0.489 e. The van der Waals surface area contributed by atoms with Crippen LogP contribution in [0.5, 0.6) is 5.75 Å². The van der Waals surface area contributed by atoms with E-state index in [1.54, 1.807) is 6.07 Å². The Morgan fingerprint density at radius 1 is 1.18 bits per heavy atom. The van der Waals surface area contributed by atoms with Crippen molar-refractivity contribution >= 4 is 16.8 Å². The van der Waals surface area contributed by atoms with Gasteiger partial charge in [0.2, 0.25) is 5.78 Å². The number of ketones is 1. The summed E-state index contributed by atoms with van der Waals surface area (Å²) in [5.41, 5.74) is 0.686. The van der Waals surface area contributed by atoms with Crippen LogP contribution in [-0.4, -0.2) is 24.5 Å². The topological polar surface area (TPSA) is 51.5 Å². The Hall–Kier alpha value is -1.81. The fourth-order valence-electron chi connectivity index (χ4n) is 2.17. The van der Waals surface area contributed by atoms with Crippen molar-refractivity contribution in [3.05, 3.63) is 30.0 Å². The van der Waals surface area contributed by atoms with Gasteiger partial charge in [0.1, 0.15) is 17.4 Å². The minimum Gasteiger partial charge on any atom is -0.489 e. The molecule has 120 valence electrons. The van der Waals surface area contributed by atoms with Crippen LogP contribution in [0.25, 0.3) is 11.0 Å². The van der Waals surface area contributed by atoms with Crippen molar-refractivity contribution in [2.24, 2.45) is 5.92 Å². The molecular formula is C18H25NO3. The first-order chi connectivity index (χ1) is 10.4. The van der Waals surface area contributed by atoms with Crippen LogP contribution in [-0.2, 0) is 0 Å². The van der Waals surface area contributed by atoms with Gasteiger partial charge in [-0.15, -0.1) is 0 Å². The standard InChI is InChI=1S/C18H25NO3/c1-11(2)18(20)17-8-14-6-7-15(9-16(14)22-17)21-13(5)10-19-12(3)4/h6-9,11-13,19H,10H2,1-5H3/t13-/m1/s1. The summed E-state index contributed by atoms with van der Waals surface area (Å²) in [6.45, 7) is 10.8. The lowest BCUT2D eigenvalue weighted by atomic mass is 10.1. The van der Waals surface area contributed by atoms with Gasteiger partial charge in [0.05, 0.1) is 0 Å². The van der Waals surface area contributed by atoms with E-state index in [0.717, 1.165) is 17.7 Å². The highest BCUT2D eigenvalue weighted by Crippen LogP contribution is 2.26. The average molecular weight is 303 g/mol. The Labute approximate surface area is 131 Å². The molecular weight excluding hydrogens is 278 g/mol. The van der Waals surface area contributed by atoms with Gasteiger partial charge in [0.25, 0.3) is 0 Å². The average Bonchev–Trinajstić information content (AvgIpc) is 2.87. The Morgan fingerprint density at radius 2 is 1.91 bits per heavy atom. The van der Waals surface area contributed by atoms with Crippen molar-refractivity contribution in [3.8, 4) is 5.75 Å². The van der Waals surface area contributed by atoms with Gasteiger partial charge in [-0.05, 0) is 25.1 Å². The molecule has 0 fully saturated rings. The number of nitrogens with one attached hydrogen (secondary N) is 1. The summed E-state index contributed by atoms with van der Waals surface area (Å²) in [7, 11) is 0. The highest BCUT2D eigenvalue weighted by atomic mass is 16.5. The van der Waals surface area contributed by atoms with E-state index in [1.165, 1.54) is 0 Å². The van der Waals surface area contributed by atoms with Crippen LogP contribution in [0.1, 0.15) is 45.2 Å². The summed E-state index contributed by atoms with van der Waals surface area (Å²) >= 11 is 0. The van der Waals surface area contributed by atoms with Gasteiger partial charge in [-0.3, -0.25) is 4.79 Å². The molecule has 0 aliphatic heterocycles. The summed E-state index contributed by atoms with van der Waals surface area (Å²) in [5, 5.41) is 4.26. The van der Waals surface area contributed by atoms with Crippen LogP contribution < -0.4 is 10.1 Å². The van der Waals surface area contributed by atoms with E-state index in [0.29, 0.717) is 17.4 Å². The van der Waals surface area contributed by atoms with E-state index in [2.05, 4.69) is 19.2 Å². The Kier molecular flexibility index (Phi) is 5.24. The first-order valence-corrected chi connectivity index (χ1v) is 7.84. The van der Waals surface area contributed by atoms with Crippen molar-refractivity contribution in [3.63, 3.8) is 0 Å². The van der Waals surface area contributed by atoms with Crippen molar-refractivity contribution in [1.29, 1.82) is 0 Å². The molecule has 2 aromatic rings. The zero-order valence-electron chi connectivity index (χ0n) is 14.0. The third-order valence-electron chi connectivity index (χ3n) is 3.41. The van der Waals surface area contributed by atoms with Gasteiger partial charge < -0.3 is 14.5 Å². The first-order valence-electron chi connectivity index (χ1n) is 7.84. The molecule has 1 N–H and O–H groups in total. The summed E-state index contributed by atoms with van der Waals surface area (Å²) in [6, 6.07) is 7.91. The molecule has 4 heteroatoms. The minimum atomic E-state index is -0.0709. The number of fused-ring (bicyclic) bond motifs is 1. The number of carbonyl (C=O) groups excluding carboxylic acids is 1. The normalized spacial score (nSPS) is 13.0. The van der Waals surface area contributed by atoms with E-state index < -0.39 is 0 Å².